The first-order valence-corrected chi connectivity index (χ1v) is 9.14. The number of rotatable bonds is 6. The Morgan fingerprint density at radius 1 is 1.20 bits per heavy atom. The summed E-state index contributed by atoms with van der Waals surface area (Å²) in [4.78, 5) is 13.5. The van der Waals surface area contributed by atoms with E-state index in [1.807, 2.05) is 56.3 Å². The summed E-state index contributed by atoms with van der Waals surface area (Å²) in [7, 11) is 0. The molecule has 5 nitrogen and oxygen atoms in total. The molecule has 0 saturated carbocycles. The van der Waals surface area contributed by atoms with Crippen LogP contribution in [0.4, 0.5) is 5.69 Å². The van der Waals surface area contributed by atoms with Crippen molar-refractivity contribution in [1.82, 2.24) is 0 Å². The van der Waals surface area contributed by atoms with Crippen LogP contribution in [0, 0.1) is 0 Å². The fraction of sp³-hybridized carbons (Fsp3) is 0.316. The van der Waals surface area contributed by atoms with Crippen LogP contribution in [0.5, 0.6) is 17.2 Å². The Morgan fingerprint density at radius 2 is 1.96 bits per heavy atom. The van der Waals surface area contributed by atoms with Crippen molar-refractivity contribution in [3.05, 3.63) is 42.5 Å². The standard InChI is InChI=1S/C19H21NO4S/c1-3-22-16-7-5-4-6-15(16)20-19(21)13(2)25-14-8-9-17-18(12-14)24-11-10-23-17/h4-9,12-13H,3,10-11H2,1-2H3,(H,20,21). The molecule has 1 amide bonds. The molecule has 0 radical (unpaired) electrons. The molecule has 25 heavy (non-hydrogen) atoms. The number of anilines is 1. The first-order chi connectivity index (χ1) is 12.2. The van der Waals surface area contributed by atoms with E-state index in [4.69, 9.17) is 14.2 Å². The maximum absolute atomic E-state index is 12.5. The lowest BCUT2D eigenvalue weighted by Gasteiger charge is -2.19. The average Bonchev–Trinajstić information content (AvgIpc) is 2.63. The van der Waals surface area contributed by atoms with Crippen LogP contribution in [0.3, 0.4) is 0 Å². The Morgan fingerprint density at radius 3 is 2.76 bits per heavy atom. The van der Waals surface area contributed by atoms with Gasteiger partial charge in [0.25, 0.3) is 0 Å². The number of fused-ring (bicyclic) bond motifs is 1. The Hall–Kier alpha value is -2.34. The topological polar surface area (TPSA) is 56.8 Å². The monoisotopic (exact) mass is 359 g/mol. The van der Waals surface area contributed by atoms with E-state index in [1.165, 1.54) is 11.8 Å². The number of carbonyl (C=O) groups is 1. The van der Waals surface area contributed by atoms with Gasteiger partial charge < -0.3 is 19.5 Å². The zero-order valence-corrected chi connectivity index (χ0v) is 15.1. The zero-order valence-electron chi connectivity index (χ0n) is 14.3. The van der Waals surface area contributed by atoms with Crippen LogP contribution in [0.2, 0.25) is 0 Å². The van der Waals surface area contributed by atoms with Gasteiger partial charge in [0.15, 0.2) is 11.5 Å². The van der Waals surface area contributed by atoms with Crippen LogP contribution in [-0.4, -0.2) is 31.0 Å². The molecule has 1 aliphatic heterocycles. The zero-order chi connectivity index (χ0) is 17.6. The highest BCUT2D eigenvalue weighted by Crippen LogP contribution is 2.35. The van der Waals surface area contributed by atoms with Crippen molar-refractivity contribution in [2.24, 2.45) is 0 Å². The number of hydrogen-bond acceptors (Lipinski definition) is 5. The Balaban J connectivity index is 1.65. The van der Waals surface area contributed by atoms with Crippen LogP contribution in [0.25, 0.3) is 0 Å². The third-order valence-corrected chi connectivity index (χ3v) is 4.73. The summed E-state index contributed by atoms with van der Waals surface area (Å²) in [5.74, 6) is 2.07. The number of amides is 1. The average molecular weight is 359 g/mol. The summed E-state index contributed by atoms with van der Waals surface area (Å²) in [6.07, 6.45) is 0. The quantitative estimate of drug-likeness (QED) is 0.791. The predicted molar refractivity (Wildman–Crippen MR) is 99.0 cm³/mol. The highest BCUT2D eigenvalue weighted by molar-refractivity contribution is 8.00. The van der Waals surface area contributed by atoms with Gasteiger partial charge in [0.2, 0.25) is 5.91 Å². The molecule has 0 bridgehead atoms. The molecule has 6 heteroatoms. The molecule has 132 valence electrons. The molecular weight excluding hydrogens is 338 g/mol. The minimum atomic E-state index is -0.266. The van der Waals surface area contributed by atoms with Crippen molar-refractivity contribution < 1.29 is 19.0 Å². The largest absolute Gasteiger partial charge is 0.492 e. The van der Waals surface area contributed by atoms with Gasteiger partial charge in [-0.1, -0.05) is 12.1 Å². The van der Waals surface area contributed by atoms with Gasteiger partial charge >= 0.3 is 0 Å². The molecule has 1 N–H and O–H groups in total. The number of benzene rings is 2. The van der Waals surface area contributed by atoms with Crippen molar-refractivity contribution in [3.63, 3.8) is 0 Å². The maximum atomic E-state index is 12.5. The summed E-state index contributed by atoms with van der Waals surface area (Å²) in [6.45, 7) is 5.45. The van der Waals surface area contributed by atoms with Gasteiger partial charge in [0.05, 0.1) is 17.5 Å². The number of nitrogens with one attached hydrogen (secondary N) is 1. The maximum Gasteiger partial charge on any atom is 0.237 e. The van der Waals surface area contributed by atoms with E-state index in [1.54, 1.807) is 0 Å². The summed E-state index contributed by atoms with van der Waals surface area (Å²) in [6, 6.07) is 13.2. The van der Waals surface area contributed by atoms with Gasteiger partial charge in [-0.15, -0.1) is 11.8 Å². The van der Waals surface area contributed by atoms with Gasteiger partial charge in [-0.3, -0.25) is 4.79 Å². The van der Waals surface area contributed by atoms with E-state index in [0.717, 1.165) is 16.4 Å². The van der Waals surface area contributed by atoms with E-state index >= 15 is 0 Å². The van der Waals surface area contributed by atoms with E-state index in [0.29, 0.717) is 31.3 Å². The van der Waals surface area contributed by atoms with Crippen LogP contribution in [0.15, 0.2) is 47.4 Å². The predicted octanol–water partition coefficient (Wildman–Crippen LogP) is 3.98. The molecule has 1 unspecified atom stereocenters. The molecule has 0 spiro atoms. The molecule has 1 atom stereocenters. The number of ether oxygens (including phenoxy) is 3. The van der Waals surface area contributed by atoms with Gasteiger partial charge in [-0.25, -0.2) is 0 Å². The Kier molecular flexibility index (Phi) is 5.71. The molecule has 1 heterocycles. The third kappa shape index (κ3) is 4.39. The molecule has 0 fully saturated rings. The van der Waals surface area contributed by atoms with Crippen LogP contribution in [-0.2, 0) is 4.79 Å². The van der Waals surface area contributed by atoms with Crippen LogP contribution >= 0.6 is 11.8 Å². The minimum absolute atomic E-state index is 0.0768. The molecule has 2 aromatic carbocycles. The Labute approximate surface area is 151 Å². The normalized spacial score (nSPS) is 13.8. The summed E-state index contributed by atoms with van der Waals surface area (Å²) in [5.41, 5.74) is 0.684. The number of carbonyl (C=O) groups excluding carboxylic acids is 1. The van der Waals surface area contributed by atoms with E-state index in [9.17, 15) is 4.79 Å². The molecule has 0 aliphatic carbocycles. The first kappa shape index (κ1) is 17.5. The van der Waals surface area contributed by atoms with Crippen molar-refractivity contribution in [2.45, 2.75) is 24.0 Å². The van der Waals surface area contributed by atoms with Gasteiger partial charge in [0, 0.05) is 4.90 Å². The second-order valence-electron chi connectivity index (χ2n) is 5.48. The molecule has 2 aromatic rings. The minimum Gasteiger partial charge on any atom is -0.492 e. The van der Waals surface area contributed by atoms with Crippen molar-refractivity contribution in [1.29, 1.82) is 0 Å². The fourth-order valence-corrected chi connectivity index (χ4v) is 3.34. The number of hydrogen-bond donors (Lipinski definition) is 1. The van der Waals surface area contributed by atoms with Gasteiger partial charge in [0.1, 0.15) is 19.0 Å². The highest BCUT2D eigenvalue weighted by Gasteiger charge is 2.18. The molecule has 3 rings (SSSR count). The third-order valence-electron chi connectivity index (χ3n) is 3.64. The fourth-order valence-electron chi connectivity index (χ4n) is 2.44. The van der Waals surface area contributed by atoms with Gasteiger partial charge in [-0.05, 0) is 44.2 Å². The smallest absolute Gasteiger partial charge is 0.237 e. The number of thioether (sulfide) groups is 1. The van der Waals surface area contributed by atoms with Crippen LogP contribution in [0.1, 0.15) is 13.8 Å². The second-order valence-corrected chi connectivity index (χ2v) is 6.90. The second kappa shape index (κ2) is 8.16. The van der Waals surface area contributed by atoms with E-state index in [-0.39, 0.29) is 11.2 Å². The van der Waals surface area contributed by atoms with E-state index in [2.05, 4.69) is 5.32 Å². The lowest BCUT2D eigenvalue weighted by Crippen LogP contribution is -2.22. The van der Waals surface area contributed by atoms with E-state index < -0.39 is 0 Å². The lowest BCUT2D eigenvalue weighted by atomic mass is 10.3. The lowest BCUT2D eigenvalue weighted by molar-refractivity contribution is -0.115. The SMILES string of the molecule is CCOc1ccccc1NC(=O)C(C)Sc1ccc2c(c1)OCCO2. The van der Waals surface area contributed by atoms with Crippen molar-refractivity contribution >= 4 is 23.4 Å². The highest BCUT2D eigenvalue weighted by atomic mass is 32.2. The summed E-state index contributed by atoms with van der Waals surface area (Å²) in [5, 5.41) is 2.67. The molecule has 0 aromatic heterocycles. The molecule has 0 saturated heterocycles. The number of para-hydroxylation sites is 2. The van der Waals surface area contributed by atoms with Crippen molar-refractivity contribution in [3.8, 4) is 17.2 Å². The molecule has 1 aliphatic rings. The summed E-state index contributed by atoms with van der Waals surface area (Å²) >= 11 is 1.47. The van der Waals surface area contributed by atoms with Crippen LogP contribution < -0.4 is 19.5 Å². The van der Waals surface area contributed by atoms with Crippen molar-refractivity contribution in [2.75, 3.05) is 25.1 Å². The first-order valence-electron chi connectivity index (χ1n) is 8.26. The summed E-state index contributed by atoms with van der Waals surface area (Å²) < 4.78 is 16.7. The molecular formula is C19H21NO4S. The van der Waals surface area contributed by atoms with Gasteiger partial charge in [-0.2, -0.15) is 0 Å². The Bertz CT molecular complexity index is 750.